The number of rotatable bonds is 3. The third kappa shape index (κ3) is 1.85. The number of thiophene rings is 1. The van der Waals surface area contributed by atoms with Gasteiger partial charge in [0.05, 0.1) is 9.90 Å². The molecule has 1 aliphatic carbocycles. The van der Waals surface area contributed by atoms with Crippen LogP contribution in [0.2, 0.25) is 5.02 Å². The van der Waals surface area contributed by atoms with E-state index in [1.54, 1.807) is 6.07 Å². The van der Waals surface area contributed by atoms with E-state index in [9.17, 15) is 4.79 Å². The van der Waals surface area contributed by atoms with E-state index in [0.717, 1.165) is 19.3 Å². The Kier molecular flexibility index (Phi) is 2.64. The zero-order valence-electron chi connectivity index (χ0n) is 7.75. The van der Waals surface area contributed by atoms with Crippen LogP contribution in [0.3, 0.4) is 0 Å². The lowest BCUT2D eigenvalue weighted by Crippen LogP contribution is -2.48. The molecule has 14 heavy (non-hydrogen) atoms. The predicted octanol–water partition coefficient (Wildman–Crippen LogP) is 2.86. The molecule has 1 fully saturated rings. The summed E-state index contributed by atoms with van der Waals surface area (Å²) in [5.74, 6) is 0.0900. The van der Waals surface area contributed by atoms with E-state index >= 15 is 0 Å². The molecule has 0 aliphatic heterocycles. The van der Waals surface area contributed by atoms with Crippen molar-refractivity contribution in [1.82, 2.24) is 0 Å². The average molecular weight is 230 g/mol. The number of hydrogen-bond acceptors (Lipinski definition) is 3. The van der Waals surface area contributed by atoms with Crippen molar-refractivity contribution in [2.45, 2.75) is 31.2 Å². The number of hydrogen-bond donors (Lipinski definition) is 1. The maximum atomic E-state index is 11.8. The number of ketones is 1. The van der Waals surface area contributed by atoms with Crippen LogP contribution in [0.1, 0.15) is 35.4 Å². The highest BCUT2D eigenvalue weighted by Gasteiger charge is 2.35. The molecule has 1 aromatic rings. The minimum absolute atomic E-state index is 0.0900. The molecule has 76 valence electrons. The van der Waals surface area contributed by atoms with Crippen LogP contribution in [0.4, 0.5) is 0 Å². The molecular formula is C10H12ClNOS. The number of halogens is 1. The Balaban J connectivity index is 2.06. The topological polar surface area (TPSA) is 43.1 Å². The van der Waals surface area contributed by atoms with Crippen LogP contribution in [0.25, 0.3) is 0 Å². The van der Waals surface area contributed by atoms with E-state index in [1.165, 1.54) is 11.3 Å². The van der Waals surface area contributed by atoms with Gasteiger partial charge in [0, 0.05) is 12.0 Å². The molecule has 0 spiro atoms. The molecule has 2 rings (SSSR count). The molecule has 0 atom stereocenters. The van der Waals surface area contributed by atoms with Gasteiger partial charge in [-0.05, 0) is 30.7 Å². The maximum absolute atomic E-state index is 11.8. The van der Waals surface area contributed by atoms with Gasteiger partial charge in [-0.2, -0.15) is 0 Å². The minimum Gasteiger partial charge on any atom is -0.325 e. The Hall–Kier alpha value is -0.380. The maximum Gasteiger partial charge on any atom is 0.176 e. The van der Waals surface area contributed by atoms with Crippen LogP contribution in [-0.2, 0) is 0 Å². The first kappa shape index (κ1) is 10.1. The van der Waals surface area contributed by atoms with Crippen molar-refractivity contribution in [2.24, 2.45) is 5.73 Å². The summed E-state index contributed by atoms with van der Waals surface area (Å²) >= 11 is 7.27. The van der Waals surface area contributed by atoms with Gasteiger partial charge in [0.1, 0.15) is 0 Å². The normalized spacial score (nSPS) is 19.0. The van der Waals surface area contributed by atoms with Crippen LogP contribution >= 0.6 is 22.9 Å². The number of nitrogens with two attached hydrogens (primary N) is 1. The van der Waals surface area contributed by atoms with Crippen molar-refractivity contribution in [3.05, 3.63) is 21.3 Å². The molecule has 1 heterocycles. The fourth-order valence-corrected chi connectivity index (χ4v) is 2.80. The first-order valence-corrected chi connectivity index (χ1v) is 5.92. The van der Waals surface area contributed by atoms with Gasteiger partial charge in [0.15, 0.2) is 5.78 Å². The average Bonchev–Trinajstić information content (AvgIpc) is 2.48. The molecule has 1 saturated carbocycles. The van der Waals surface area contributed by atoms with Crippen LogP contribution in [0.15, 0.2) is 11.4 Å². The van der Waals surface area contributed by atoms with E-state index in [-0.39, 0.29) is 11.3 Å². The molecular weight excluding hydrogens is 218 g/mol. The third-order valence-electron chi connectivity index (χ3n) is 2.73. The zero-order chi connectivity index (χ0) is 10.2. The van der Waals surface area contributed by atoms with Crippen LogP contribution < -0.4 is 5.73 Å². The lowest BCUT2D eigenvalue weighted by molar-refractivity contribution is 0.0916. The fraction of sp³-hybridized carbons (Fsp3) is 0.500. The molecule has 1 aromatic heterocycles. The molecule has 1 aliphatic rings. The van der Waals surface area contributed by atoms with Gasteiger partial charge in [-0.1, -0.05) is 11.6 Å². The van der Waals surface area contributed by atoms with Gasteiger partial charge in [-0.15, -0.1) is 11.3 Å². The van der Waals surface area contributed by atoms with Gasteiger partial charge < -0.3 is 5.73 Å². The SMILES string of the molecule is NC1(CC(=O)c2sccc2Cl)CCC1. The lowest BCUT2D eigenvalue weighted by atomic mass is 9.74. The summed E-state index contributed by atoms with van der Waals surface area (Å²) in [4.78, 5) is 12.4. The van der Waals surface area contributed by atoms with Gasteiger partial charge in [0.25, 0.3) is 0 Å². The van der Waals surface area contributed by atoms with Crippen molar-refractivity contribution in [2.75, 3.05) is 0 Å². The second kappa shape index (κ2) is 3.65. The Morgan fingerprint density at radius 2 is 2.36 bits per heavy atom. The van der Waals surface area contributed by atoms with E-state index in [2.05, 4.69) is 0 Å². The molecule has 0 saturated heterocycles. The largest absolute Gasteiger partial charge is 0.325 e. The molecule has 0 amide bonds. The van der Waals surface area contributed by atoms with Gasteiger partial charge in [-0.3, -0.25) is 4.79 Å². The Morgan fingerprint density at radius 1 is 1.64 bits per heavy atom. The standard InChI is InChI=1S/C10H12ClNOS/c11-7-2-5-14-9(7)8(13)6-10(12)3-1-4-10/h2,5H,1,3-4,6,12H2. The van der Waals surface area contributed by atoms with Crippen molar-refractivity contribution in [1.29, 1.82) is 0 Å². The Bertz CT molecular complexity index is 357. The quantitative estimate of drug-likeness (QED) is 0.810. The first-order chi connectivity index (χ1) is 6.61. The Morgan fingerprint density at radius 3 is 2.79 bits per heavy atom. The second-order valence-corrected chi connectivity index (χ2v) is 5.24. The smallest absolute Gasteiger partial charge is 0.176 e. The minimum atomic E-state index is -0.246. The summed E-state index contributed by atoms with van der Waals surface area (Å²) in [6, 6.07) is 1.75. The van der Waals surface area contributed by atoms with Gasteiger partial charge in [0.2, 0.25) is 0 Å². The molecule has 0 unspecified atom stereocenters. The summed E-state index contributed by atoms with van der Waals surface area (Å²) in [6.45, 7) is 0. The van der Waals surface area contributed by atoms with Crippen molar-refractivity contribution in [3.8, 4) is 0 Å². The molecule has 0 bridgehead atoms. The van der Waals surface area contributed by atoms with Crippen LogP contribution in [0.5, 0.6) is 0 Å². The van der Waals surface area contributed by atoms with Crippen LogP contribution in [0, 0.1) is 0 Å². The number of carbonyl (C=O) groups is 1. The van der Waals surface area contributed by atoms with E-state index in [1.807, 2.05) is 5.38 Å². The summed E-state index contributed by atoms with van der Waals surface area (Å²) in [7, 11) is 0. The molecule has 4 heteroatoms. The van der Waals surface area contributed by atoms with E-state index in [4.69, 9.17) is 17.3 Å². The number of Topliss-reactive ketones (excluding diaryl/α,β-unsaturated/α-hetero) is 1. The summed E-state index contributed by atoms with van der Waals surface area (Å²) < 4.78 is 0. The molecule has 0 radical (unpaired) electrons. The van der Waals surface area contributed by atoms with Crippen molar-refractivity contribution >= 4 is 28.7 Å². The first-order valence-electron chi connectivity index (χ1n) is 4.66. The van der Waals surface area contributed by atoms with Crippen molar-refractivity contribution < 1.29 is 4.79 Å². The fourth-order valence-electron chi connectivity index (χ4n) is 1.70. The summed E-state index contributed by atoms with van der Waals surface area (Å²) in [5, 5.41) is 2.39. The monoisotopic (exact) mass is 229 g/mol. The van der Waals surface area contributed by atoms with Gasteiger partial charge in [-0.25, -0.2) is 0 Å². The highest BCUT2D eigenvalue weighted by Crippen LogP contribution is 2.34. The molecule has 2 N–H and O–H groups in total. The van der Waals surface area contributed by atoms with Crippen molar-refractivity contribution in [3.63, 3.8) is 0 Å². The highest BCUT2D eigenvalue weighted by atomic mass is 35.5. The van der Waals surface area contributed by atoms with Crippen LogP contribution in [-0.4, -0.2) is 11.3 Å². The third-order valence-corrected chi connectivity index (χ3v) is 4.11. The van der Waals surface area contributed by atoms with Gasteiger partial charge >= 0.3 is 0 Å². The van der Waals surface area contributed by atoms with E-state index < -0.39 is 0 Å². The Labute approximate surface area is 92.1 Å². The lowest BCUT2D eigenvalue weighted by Gasteiger charge is -2.37. The number of carbonyl (C=O) groups excluding carboxylic acids is 1. The molecule has 2 nitrogen and oxygen atoms in total. The molecule has 0 aromatic carbocycles. The zero-order valence-corrected chi connectivity index (χ0v) is 9.33. The summed E-state index contributed by atoms with van der Waals surface area (Å²) in [5.41, 5.74) is 5.75. The second-order valence-electron chi connectivity index (χ2n) is 3.91. The summed E-state index contributed by atoms with van der Waals surface area (Å²) in [6.07, 6.45) is 3.50. The van der Waals surface area contributed by atoms with E-state index in [0.29, 0.717) is 16.3 Å². The highest BCUT2D eigenvalue weighted by molar-refractivity contribution is 7.12. The predicted molar refractivity (Wildman–Crippen MR) is 59.0 cm³/mol.